The highest BCUT2D eigenvalue weighted by Crippen LogP contribution is 2.35. The molecule has 0 bridgehead atoms. The van der Waals surface area contributed by atoms with E-state index in [4.69, 9.17) is 0 Å². The van der Waals surface area contributed by atoms with Crippen LogP contribution in [0.4, 0.5) is 19.1 Å². The van der Waals surface area contributed by atoms with Gasteiger partial charge in [-0.3, -0.25) is 14.3 Å². The average Bonchev–Trinajstić information content (AvgIpc) is 3.16. The van der Waals surface area contributed by atoms with Crippen molar-refractivity contribution in [1.82, 2.24) is 14.5 Å². The van der Waals surface area contributed by atoms with Crippen molar-refractivity contribution in [2.75, 3.05) is 11.9 Å². The molecule has 0 aliphatic heterocycles. The maximum Gasteiger partial charge on any atom is 0.416 e. The van der Waals surface area contributed by atoms with Gasteiger partial charge in [-0.1, -0.05) is 12.1 Å². The molecule has 30 heavy (non-hydrogen) atoms. The molecule has 0 saturated carbocycles. The number of thiophene rings is 1. The first-order valence-corrected chi connectivity index (χ1v) is 9.95. The highest BCUT2D eigenvalue weighted by molar-refractivity contribution is 7.22. The molecule has 0 aliphatic rings. The van der Waals surface area contributed by atoms with E-state index >= 15 is 0 Å². The lowest BCUT2D eigenvalue weighted by Crippen LogP contribution is -2.22. The van der Waals surface area contributed by atoms with E-state index in [0.717, 1.165) is 35.5 Å². The molecule has 0 fully saturated rings. The molecule has 4 rings (SSSR count). The van der Waals surface area contributed by atoms with Crippen molar-refractivity contribution < 1.29 is 13.2 Å². The van der Waals surface area contributed by atoms with Crippen molar-refractivity contribution in [3.8, 4) is 10.4 Å². The lowest BCUT2D eigenvalue weighted by molar-refractivity contribution is -0.137. The summed E-state index contributed by atoms with van der Waals surface area (Å²) >= 11 is 1.14. The molecule has 3 heterocycles. The second kappa shape index (κ2) is 7.91. The fourth-order valence-corrected chi connectivity index (χ4v) is 4.14. The van der Waals surface area contributed by atoms with Gasteiger partial charge in [0.05, 0.1) is 11.1 Å². The zero-order valence-electron chi connectivity index (χ0n) is 15.9. The van der Waals surface area contributed by atoms with Gasteiger partial charge in [0.2, 0.25) is 5.95 Å². The second-order valence-corrected chi connectivity index (χ2v) is 7.79. The minimum atomic E-state index is -4.42. The molecule has 0 amide bonds. The molecule has 4 aromatic rings. The Morgan fingerprint density at radius 2 is 1.90 bits per heavy atom. The zero-order valence-corrected chi connectivity index (χ0v) is 16.7. The van der Waals surface area contributed by atoms with Gasteiger partial charge >= 0.3 is 6.18 Å². The Labute approximate surface area is 173 Å². The van der Waals surface area contributed by atoms with E-state index in [1.54, 1.807) is 31.6 Å². The van der Waals surface area contributed by atoms with Crippen LogP contribution in [0.3, 0.4) is 0 Å². The highest BCUT2D eigenvalue weighted by atomic mass is 32.1. The van der Waals surface area contributed by atoms with E-state index in [0.29, 0.717) is 33.2 Å². The molecule has 0 aliphatic carbocycles. The SMILES string of the molecule is Cn1c(NCCc2ccncc2)nc2cc(-c3cccc(C(F)(F)F)c3)sc2c1=O. The summed E-state index contributed by atoms with van der Waals surface area (Å²) in [5.74, 6) is 0.412. The summed E-state index contributed by atoms with van der Waals surface area (Å²) in [6.45, 7) is 0.570. The number of nitrogens with zero attached hydrogens (tertiary/aromatic N) is 3. The lowest BCUT2D eigenvalue weighted by Gasteiger charge is -2.09. The Morgan fingerprint density at radius 1 is 1.13 bits per heavy atom. The summed E-state index contributed by atoms with van der Waals surface area (Å²) in [6.07, 6.45) is -0.255. The third-order valence-corrected chi connectivity index (χ3v) is 5.84. The minimum absolute atomic E-state index is 0.241. The molecule has 0 saturated heterocycles. The quantitative estimate of drug-likeness (QED) is 0.497. The molecular formula is C21H17F3N4OS. The van der Waals surface area contributed by atoms with Crippen LogP contribution in [0.2, 0.25) is 0 Å². The predicted molar refractivity (Wildman–Crippen MR) is 112 cm³/mol. The minimum Gasteiger partial charge on any atom is -0.355 e. The van der Waals surface area contributed by atoms with Crippen LogP contribution in [0.15, 0.2) is 59.7 Å². The summed E-state index contributed by atoms with van der Waals surface area (Å²) in [5.41, 5.74) is 1.00. The number of benzene rings is 1. The van der Waals surface area contributed by atoms with Gasteiger partial charge in [0.15, 0.2) is 0 Å². The van der Waals surface area contributed by atoms with Gasteiger partial charge < -0.3 is 5.32 Å². The van der Waals surface area contributed by atoms with Crippen LogP contribution >= 0.6 is 11.3 Å². The molecular weight excluding hydrogens is 413 g/mol. The number of hydrogen-bond donors (Lipinski definition) is 1. The predicted octanol–water partition coefficient (Wildman–Crippen LogP) is 4.73. The first kappa shape index (κ1) is 20.1. The van der Waals surface area contributed by atoms with Gasteiger partial charge in [0, 0.05) is 30.9 Å². The van der Waals surface area contributed by atoms with Gasteiger partial charge in [-0.05, 0) is 47.9 Å². The van der Waals surface area contributed by atoms with Crippen LogP contribution in [0.25, 0.3) is 20.7 Å². The molecule has 3 aromatic heterocycles. The molecule has 5 nitrogen and oxygen atoms in total. The summed E-state index contributed by atoms with van der Waals surface area (Å²) < 4.78 is 40.9. The van der Waals surface area contributed by atoms with E-state index < -0.39 is 11.7 Å². The summed E-state index contributed by atoms with van der Waals surface area (Å²) in [4.78, 5) is 21.8. The topological polar surface area (TPSA) is 59.8 Å². The number of hydrogen-bond acceptors (Lipinski definition) is 5. The first-order chi connectivity index (χ1) is 14.3. The van der Waals surface area contributed by atoms with Crippen molar-refractivity contribution in [3.63, 3.8) is 0 Å². The number of halogens is 3. The van der Waals surface area contributed by atoms with E-state index in [1.807, 2.05) is 12.1 Å². The van der Waals surface area contributed by atoms with Crippen LogP contribution in [0, 0.1) is 0 Å². The summed E-state index contributed by atoms with van der Waals surface area (Å²) in [5, 5.41) is 3.16. The lowest BCUT2D eigenvalue weighted by atomic mass is 10.1. The summed E-state index contributed by atoms with van der Waals surface area (Å²) in [7, 11) is 1.62. The Hall–Kier alpha value is -3.20. The average molecular weight is 430 g/mol. The molecule has 0 unspecified atom stereocenters. The molecule has 1 aromatic carbocycles. The largest absolute Gasteiger partial charge is 0.416 e. The second-order valence-electron chi connectivity index (χ2n) is 6.74. The number of aromatic nitrogens is 3. The molecule has 0 spiro atoms. The van der Waals surface area contributed by atoms with Crippen LogP contribution in [-0.2, 0) is 19.6 Å². The van der Waals surface area contributed by atoms with Crippen LogP contribution in [0.1, 0.15) is 11.1 Å². The fraction of sp³-hybridized carbons (Fsp3) is 0.190. The monoisotopic (exact) mass is 430 g/mol. The van der Waals surface area contributed by atoms with Crippen LogP contribution in [0.5, 0.6) is 0 Å². The first-order valence-electron chi connectivity index (χ1n) is 9.14. The Morgan fingerprint density at radius 3 is 2.63 bits per heavy atom. The number of alkyl halides is 3. The molecule has 9 heteroatoms. The molecule has 0 atom stereocenters. The third kappa shape index (κ3) is 4.06. The van der Waals surface area contributed by atoms with Crippen molar-refractivity contribution in [2.24, 2.45) is 7.05 Å². The van der Waals surface area contributed by atoms with Crippen LogP contribution < -0.4 is 10.9 Å². The Kier molecular flexibility index (Phi) is 5.29. The number of fused-ring (bicyclic) bond motifs is 1. The zero-order chi connectivity index (χ0) is 21.3. The van der Waals surface area contributed by atoms with Crippen molar-refractivity contribution in [2.45, 2.75) is 12.6 Å². The van der Waals surface area contributed by atoms with Gasteiger partial charge in [0.1, 0.15) is 4.70 Å². The maximum absolute atomic E-state index is 13.0. The van der Waals surface area contributed by atoms with E-state index in [-0.39, 0.29) is 5.56 Å². The highest BCUT2D eigenvalue weighted by Gasteiger charge is 2.30. The van der Waals surface area contributed by atoms with E-state index in [9.17, 15) is 18.0 Å². The van der Waals surface area contributed by atoms with E-state index in [2.05, 4.69) is 15.3 Å². The van der Waals surface area contributed by atoms with Gasteiger partial charge in [0.25, 0.3) is 5.56 Å². The maximum atomic E-state index is 13.0. The van der Waals surface area contributed by atoms with Gasteiger partial charge in [-0.25, -0.2) is 4.98 Å². The Balaban J connectivity index is 1.63. The standard InChI is InChI=1S/C21H17F3N4OS/c1-28-19(29)18-16(27-20(28)26-10-7-13-5-8-25-9-6-13)12-17(30-18)14-3-2-4-15(11-14)21(22,23)24/h2-6,8-9,11-12H,7,10H2,1H3,(H,26,27). The number of nitrogens with one attached hydrogen (secondary N) is 1. The number of anilines is 1. The number of pyridine rings is 1. The number of rotatable bonds is 5. The van der Waals surface area contributed by atoms with Crippen molar-refractivity contribution >= 4 is 27.5 Å². The molecule has 0 radical (unpaired) electrons. The van der Waals surface area contributed by atoms with Gasteiger partial charge in [-0.2, -0.15) is 13.2 Å². The van der Waals surface area contributed by atoms with Crippen LogP contribution in [-0.4, -0.2) is 21.1 Å². The van der Waals surface area contributed by atoms with Crippen molar-refractivity contribution in [3.05, 3.63) is 76.3 Å². The smallest absolute Gasteiger partial charge is 0.355 e. The van der Waals surface area contributed by atoms with E-state index in [1.165, 1.54) is 10.6 Å². The van der Waals surface area contributed by atoms with Gasteiger partial charge in [-0.15, -0.1) is 11.3 Å². The van der Waals surface area contributed by atoms with Crippen molar-refractivity contribution in [1.29, 1.82) is 0 Å². The third-order valence-electron chi connectivity index (χ3n) is 4.68. The molecule has 154 valence electrons. The Bertz CT molecular complexity index is 1250. The summed E-state index contributed by atoms with van der Waals surface area (Å²) in [6, 6.07) is 10.6. The molecule has 1 N–H and O–H groups in total. The normalized spacial score (nSPS) is 11.7. The fourth-order valence-electron chi connectivity index (χ4n) is 3.07.